The quantitative estimate of drug-likeness (QED) is 0.820. The Morgan fingerprint density at radius 1 is 1.26 bits per heavy atom. The molecule has 19 heavy (non-hydrogen) atoms. The molecule has 3 rings (SSSR count). The van der Waals surface area contributed by atoms with Gasteiger partial charge in [0.05, 0.1) is 6.54 Å². The first-order valence-electron chi connectivity index (χ1n) is 6.40. The minimum atomic E-state index is 0.152. The van der Waals surface area contributed by atoms with Crippen molar-refractivity contribution in [1.82, 2.24) is 14.8 Å². The number of aryl methyl sites for hydroxylation is 3. The zero-order valence-corrected chi connectivity index (χ0v) is 11.1. The van der Waals surface area contributed by atoms with E-state index in [4.69, 9.17) is 0 Å². The number of amides is 1. The van der Waals surface area contributed by atoms with E-state index in [9.17, 15) is 4.79 Å². The summed E-state index contributed by atoms with van der Waals surface area (Å²) in [5.41, 5.74) is 2.22. The van der Waals surface area contributed by atoms with Crippen molar-refractivity contribution in [2.24, 2.45) is 7.05 Å². The fourth-order valence-corrected chi connectivity index (χ4v) is 2.51. The first kappa shape index (κ1) is 11.9. The van der Waals surface area contributed by atoms with Crippen molar-refractivity contribution in [1.29, 1.82) is 0 Å². The molecule has 0 aliphatic carbocycles. The van der Waals surface area contributed by atoms with Crippen LogP contribution in [0.25, 0.3) is 0 Å². The maximum absolute atomic E-state index is 12.1. The highest BCUT2D eigenvalue weighted by atomic mass is 16.2. The maximum Gasteiger partial charge on any atom is 0.227 e. The molecule has 0 saturated heterocycles. The van der Waals surface area contributed by atoms with Crippen LogP contribution < -0.4 is 4.90 Å². The Labute approximate surface area is 111 Å². The van der Waals surface area contributed by atoms with Crippen LogP contribution in [0, 0.1) is 6.92 Å². The highest BCUT2D eigenvalue weighted by molar-refractivity contribution is 5.96. The van der Waals surface area contributed by atoms with Gasteiger partial charge in [0.15, 0.2) is 0 Å². The van der Waals surface area contributed by atoms with Gasteiger partial charge in [0.25, 0.3) is 0 Å². The molecule has 1 aromatic heterocycles. The second kappa shape index (κ2) is 4.50. The molecule has 0 bridgehead atoms. The molecule has 0 unspecified atom stereocenters. The molecular formula is C14H16N4O. The van der Waals surface area contributed by atoms with Crippen molar-refractivity contribution in [3.63, 3.8) is 0 Å². The van der Waals surface area contributed by atoms with E-state index >= 15 is 0 Å². The van der Waals surface area contributed by atoms with Crippen LogP contribution in [-0.4, -0.2) is 20.7 Å². The number of nitrogens with zero attached hydrogens (tertiary/aromatic N) is 4. The normalized spacial score (nSPS) is 14.6. The third kappa shape index (κ3) is 2.12. The standard InChI is InChI=1S/C14H16N4O/c1-10-15-13(17(2)16-10)9-18-12-6-4-3-5-11(12)7-8-14(18)19/h3-6H,7-9H2,1-2H3. The van der Waals surface area contributed by atoms with Gasteiger partial charge < -0.3 is 4.90 Å². The third-order valence-electron chi connectivity index (χ3n) is 3.45. The van der Waals surface area contributed by atoms with Crippen molar-refractivity contribution in [3.05, 3.63) is 41.5 Å². The van der Waals surface area contributed by atoms with Crippen LogP contribution in [0.5, 0.6) is 0 Å². The van der Waals surface area contributed by atoms with E-state index in [2.05, 4.69) is 16.1 Å². The summed E-state index contributed by atoms with van der Waals surface area (Å²) in [6, 6.07) is 8.05. The Balaban J connectivity index is 1.96. The number of hydrogen-bond donors (Lipinski definition) is 0. The SMILES string of the molecule is Cc1nc(CN2C(=O)CCc3ccccc32)n(C)n1. The predicted octanol–water partition coefficient (Wildman–Crippen LogP) is 1.60. The third-order valence-corrected chi connectivity index (χ3v) is 3.45. The summed E-state index contributed by atoms with van der Waals surface area (Å²) in [6.45, 7) is 2.34. The lowest BCUT2D eigenvalue weighted by Crippen LogP contribution is -2.35. The van der Waals surface area contributed by atoms with Crippen molar-refractivity contribution < 1.29 is 4.79 Å². The Kier molecular flexibility index (Phi) is 2.81. The molecule has 0 saturated carbocycles. The molecule has 2 aromatic rings. The molecule has 1 amide bonds. The number of para-hydroxylation sites is 1. The summed E-state index contributed by atoms with van der Waals surface area (Å²) >= 11 is 0. The minimum Gasteiger partial charge on any atom is -0.305 e. The van der Waals surface area contributed by atoms with Gasteiger partial charge in [-0.15, -0.1) is 0 Å². The molecule has 98 valence electrons. The fraction of sp³-hybridized carbons (Fsp3) is 0.357. The molecule has 1 aliphatic heterocycles. The molecule has 0 N–H and O–H groups in total. The highest BCUT2D eigenvalue weighted by Gasteiger charge is 2.25. The minimum absolute atomic E-state index is 0.152. The van der Waals surface area contributed by atoms with Crippen LogP contribution in [0.4, 0.5) is 5.69 Å². The van der Waals surface area contributed by atoms with Gasteiger partial charge in [-0.1, -0.05) is 18.2 Å². The number of fused-ring (bicyclic) bond motifs is 1. The topological polar surface area (TPSA) is 51.0 Å². The van der Waals surface area contributed by atoms with Gasteiger partial charge in [-0.05, 0) is 25.0 Å². The molecule has 1 aliphatic rings. The first-order valence-corrected chi connectivity index (χ1v) is 6.40. The van der Waals surface area contributed by atoms with E-state index in [1.165, 1.54) is 5.56 Å². The summed E-state index contributed by atoms with van der Waals surface area (Å²) < 4.78 is 1.74. The summed E-state index contributed by atoms with van der Waals surface area (Å²) in [5.74, 6) is 1.69. The van der Waals surface area contributed by atoms with E-state index in [0.717, 1.165) is 23.8 Å². The predicted molar refractivity (Wildman–Crippen MR) is 71.7 cm³/mol. The van der Waals surface area contributed by atoms with E-state index in [0.29, 0.717) is 13.0 Å². The Bertz CT molecular complexity index is 632. The molecule has 5 nitrogen and oxygen atoms in total. The van der Waals surface area contributed by atoms with E-state index < -0.39 is 0 Å². The van der Waals surface area contributed by atoms with Crippen molar-refractivity contribution in [3.8, 4) is 0 Å². The van der Waals surface area contributed by atoms with Crippen molar-refractivity contribution >= 4 is 11.6 Å². The van der Waals surface area contributed by atoms with Gasteiger partial charge >= 0.3 is 0 Å². The molecule has 0 atom stereocenters. The van der Waals surface area contributed by atoms with E-state index in [1.54, 1.807) is 4.68 Å². The van der Waals surface area contributed by atoms with Crippen LogP contribution >= 0.6 is 0 Å². The summed E-state index contributed by atoms with van der Waals surface area (Å²) in [5, 5.41) is 4.23. The number of hydrogen-bond acceptors (Lipinski definition) is 3. The largest absolute Gasteiger partial charge is 0.305 e. The maximum atomic E-state index is 12.1. The number of carbonyl (C=O) groups is 1. The molecule has 0 spiro atoms. The summed E-state index contributed by atoms with van der Waals surface area (Å²) in [7, 11) is 1.86. The van der Waals surface area contributed by atoms with Crippen LogP contribution in [-0.2, 0) is 24.8 Å². The summed E-state index contributed by atoms with van der Waals surface area (Å²) in [4.78, 5) is 18.3. The van der Waals surface area contributed by atoms with Crippen molar-refractivity contribution in [2.45, 2.75) is 26.3 Å². The second-order valence-corrected chi connectivity index (χ2v) is 4.81. The summed E-state index contributed by atoms with van der Waals surface area (Å²) in [6.07, 6.45) is 1.39. The second-order valence-electron chi connectivity index (χ2n) is 4.81. The molecule has 0 radical (unpaired) electrons. The number of carbonyl (C=O) groups excluding carboxylic acids is 1. The number of aromatic nitrogens is 3. The van der Waals surface area contributed by atoms with Crippen LogP contribution in [0.1, 0.15) is 23.6 Å². The Hall–Kier alpha value is -2.17. The van der Waals surface area contributed by atoms with Gasteiger partial charge in [0.1, 0.15) is 11.6 Å². The molecule has 5 heteroatoms. The van der Waals surface area contributed by atoms with Gasteiger partial charge in [-0.2, -0.15) is 5.10 Å². The number of anilines is 1. The van der Waals surface area contributed by atoms with Gasteiger partial charge in [-0.3, -0.25) is 9.48 Å². The molecule has 2 heterocycles. The lowest BCUT2D eigenvalue weighted by molar-refractivity contribution is -0.119. The number of benzene rings is 1. The van der Waals surface area contributed by atoms with E-state index in [-0.39, 0.29) is 5.91 Å². The Morgan fingerprint density at radius 2 is 2.05 bits per heavy atom. The zero-order valence-electron chi connectivity index (χ0n) is 11.1. The van der Waals surface area contributed by atoms with Gasteiger partial charge in [0.2, 0.25) is 5.91 Å². The van der Waals surface area contributed by atoms with E-state index in [1.807, 2.05) is 37.1 Å². The monoisotopic (exact) mass is 256 g/mol. The Morgan fingerprint density at radius 3 is 2.79 bits per heavy atom. The molecule has 0 fully saturated rings. The number of rotatable bonds is 2. The first-order chi connectivity index (χ1) is 9.15. The highest BCUT2D eigenvalue weighted by Crippen LogP contribution is 2.28. The average molecular weight is 256 g/mol. The van der Waals surface area contributed by atoms with Crippen LogP contribution in [0.2, 0.25) is 0 Å². The smallest absolute Gasteiger partial charge is 0.227 e. The lowest BCUT2D eigenvalue weighted by atomic mass is 10.0. The molecule has 1 aromatic carbocycles. The molecular weight excluding hydrogens is 240 g/mol. The van der Waals surface area contributed by atoms with Crippen molar-refractivity contribution in [2.75, 3.05) is 4.90 Å². The zero-order chi connectivity index (χ0) is 13.4. The van der Waals surface area contributed by atoms with Gasteiger partial charge in [-0.25, -0.2) is 4.98 Å². The fourth-order valence-electron chi connectivity index (χ4n) is 2.51. The van der Waals surface area contributed by atoms with Crippen LogP contribution in [0.15, 0.2) is 24.3 Å². The lowest BCUT2D eigenvalue weighted by Gasteiger charge is -2.28. The van der Waals surface area contributed by atoms with Gasteiger partial charge in [0, 0.05) is 19.2 Å². The van der Waals surface area contributed by atoms with Crippen LogP contribution in [0.3, 0.4) is 0 Å². The average Bonchev–Trinajstić information content (AvgIpc) is 2.71.